The fourth-order valence-corrected chi connectivity index (χ4v) is 3.28. The first-order chi connectivity index (χ1) is 13.2. The molecule has 0 aromatic heterocycles. The lowest BCUT2D eigenvalue weighted by atomic mass is 10.2. The number of halogens is 1. The smallest absolute Gasteiger partial charge is 0.257 e. The molecule has 0 fully saturated rings. The Morgan fingerprint density at radius 1 is 1.18 bits per heavy atom. The van der Waals surface area contributed by atoms with Crippen molar-refractivity contribution >= 4 is 54.9 Å². The molecule has 0 spiro atoms. The van der Waals surface area contributed by atoms with Crippen LogP contribution < -0.4 is 20.5 Å². The third-order valence-corrected chi connectivity index (χ3v) is 5.16. The van der Waals surface area contributed by atoms with Crippen LogP contribution in [0.15, 0.2) is 51.8 Å². The number of amides is 1. The normalized spacial score (nSPS) is 11.0. The Hall–Kier alpha value is -2.05. The van der Waals surface area contributed by atoms with Crippen molar-refractivity contribution < 1.29 is 22.7 Å². The summed E-state index contributed by atoms with van der Waals surface area (Å²) in [4.78, 5) is 12.3. The highest BCUT2D eigenvalue weighted by Crippen LogP contribution is 2.26. The molecule has 0 aliphatic heterocycles. The zero-order valence-electron chi connectivity index (χ0n) is 14.8. The van der Waals surface area contributed by atoms with Crippen molar-refractivity contribution in [1.29, 1.82) is 0 Å². The van der Waals surface area contributed by atoms with Crippen molar-refractivity contribution in [1.82, 2.24) is 5.32 Å². The van der Waals surface area contributed by atoms with Gasteiger partial charge in [0.25, 0.3) is 5.91 Å². The molecule has 0 saturated carbocycles. The Kier molecular flexibility index (Phi) is 7.89. The van der Waals surface area contributed by atoms with Crippen LogP contribution in [0.25, 0.3) is 0 Å². The summed E-state index contributed by atoms with van der Waals surface area (Å²) in [5, 5.41) is 10.4. The number of carbonyl (C=O) groups excluding carboxylic acids is 1. The van der Waals surface area contributed by atoms with E-state index in [1.54, 1.807) is 25.3 Å². The first-order valence-corrected chi connectivity index (χ1v) is 10.6. The molecular weight excluding hydrogens is 470 g/mol. The molecule has 2 aromatic rings. The van der Waals surface area contributed by atoms with Crippen LogP contribution in [0.4, 0.5) is 5.69 Å². The van der Waals surface area contributed by atoms with Gasteiger partial charge in [-0.25, -0.2) is 13.6 Å². The first-order valence-electron chi connectivity index (χ1n) is 7.87. The molecule has 4 N–H and O–H groups in total. The van der Waals surface area contributed by atoms with Crippen molar-refractivity contribution in [2.75, 3.05) is 25.6 Å². The summed E-state index contributed by atoms with van der Waals surface area (Å²) in [6.45, 7) is 0.839. The topological polar surface area (TPSA) is 120 Å². The van der Waals surface area contributed by atoms with Crippen molar-refractivity contribution in [3.05, 3.63) is 52.5 Å². The second-order valence-corrected chi connectivity index (χ2v) is 8.29. The van der Waals surface area contributed by atoms with E-state index in [0.29, 0.717) is 34.7 Å². The molecule has 2 rings (SSSR count). The van der Waals surface area contributed by atoms with E-state index in [4.69, 9.17) is 26.8 Å². The lowest BCUT2D eigenvalue weighted by Crippen LogP contribution is -2.34. The number of hydrogen-bond acceptors (Lipinski definition) is 6. The van der Waals surface area contributed by atoms with Gasteiger partial charge in [-0.05, 0) is 70.6 Å². The highest BCUT2D eigenvalue weighted by molar-refractivity contribution is 9.10. The summed E-state index contributed by atoms with van der Waals surface area (Å²) >= 11 is 8.47. The van der Waals surface area contributed by atoms with Gasteiger partial charge < -0.3 is 14.8 Å². The standard InChI is InChI=1S/C17H18BrN3O5S2/c1-25-8-9-26-15-7-2-11(10-14(15)18)16(22)21-17(27)20-12-3-5-13(6-4-12)28(19,23)24/h2-7,10H,8-9H2,1H3,(H2,19,23,24)(H2,20,21,22,27). The zero-order chi connectivity index (χ0) is 20.7. The lowest BCUT2D eigenvalue weighted by Gasteiger charge is -2.11. The van der Waals surface area contributed by atoms with Crippen LogP contribution in [0.2, 0.25) is 0 Å². The predicted molar refractivity (Wildman–Crippen MR) is 113 cm³/mol. The van der Waals surface area contributed by atoms with Crippen molar-refractivity contribution in [2.45, 2.75) is 4.90 Å². The van der Waals surface area contributed by atoms with Crippen LogP contribution in [0.5, 0.6) is 5.75 Å². The van der Waals surface area contributed by atoms with Gasteiger partial charge in [-0.2, -0.15) is 0 Å². The third-order valence-electron chi connectivity index (χ3n) is 3.41. The van der Waals surface area contributed by atoms with Crippen LogP contribution >= 0.6 is 28.1 Å². The molecule has 0 heterocycles. The highest BCUT2D eigenvalue weighted by atomic mass is 79.9. The van der Waals surface area contributed by atoms with E-state index in [1.807, 2.05) is 0 Å². The van der Waals surface area contributed by atoms with E-state index in [9.17, 15) is 13.2 Å². The molecule has 0 aliphatic rings. The van der Waals surface area contributed by atoms with Crippen LogP contribution in [0.3, 0.4) is 0 Å². The number of rotatable bonds is 7. The summed E-state index contributed by atoms with van der Waals surface area (Å²) in [5.74, 6) is 0.173. The number of nitrogens with one attached hydrogen (secondary N) is 2. The van der Waals surface area contributed by atoms with Crippen LogP contribution in [0.1, 0.15) is 10.4 Å². The molecule has 0 saturated heterocycles. The van der Waals surface area contributed by atoms with Crippen LogP contribution in [-0.2, 0) is 14.8 Å². The largest absolute Gasteiger partial charge is 0.490 e. The molecule has 150 valence electrons. The zero-order valence-corrected chi connectivity index (χ0v) is 18.0. The maximum atomic E-state index is 12.3. The molecule has 0 atom stereocenters. The highest BCUT2D eigenvalue weighted by Gasteiger charge is 2.12. The minimum atomic E-state index is -3.77. The molecule has 1 amide bonds. The molecule has 11 heteroatoms. The molecule has 0 aliphatic carbocycles. The van der Waals surface area contributed by atoms with Gasteiger partial charge in [-0.1, -0.05) is 0 Å². The second kappa shape index (κ2) is 9.94. The summed E-state index contributed by atoms with van der Waals surface area (Å²) in [5.41, 5.74) is 0.875. The van der Waals surface area contributed by atoms with Gasteiger partial charge >= 0.3 is 0 Å². The second-order valence-electron chi connectivity index (χ2n) is 5.46. The minimum absolute atomic E-state index is 0.0225. The van der Waals surface area contributed by atoms with Crippen molar-refractivity contribution in [3.8, 4) is 5.75 Å². The van der Waals surface area contributed by atoms with E-state index in [1.165, 1.54) is 24.3 Å². The maximum absolute atomic E-state index is 12.3. The fourth-order valence-electron chi connectivity index (χ4n) is 2.06. The number of primary sulfonamides is 1. The van der Waals surface area contributed by atoms with Crippen molar-refractivity contribution in [2.24, 2.45) is 5.14 Å². The van der Waals surface area contributed by atoms with Crippen LogP contribution in [-0.4, -0.2) is 39.8 Å². The number of anilines is 1. The van der Waals surface area contributed by atoms with Crippen LogP contribution in [0, 0.1) is 0 Å². The molecule has 28 heavy (non-hydrogen) atoms. The van der Waals surface area contributed by atoms with E-state index in [-0.39, 0.29) is 10.0 Å². The van der Waals surface area contributed by atoms with Gasteiger partial charge in [-0.3, -0.25) is 10.1 Å². The molecule has 0 unspecified atom stereocenters. The number of carbonyl (C=O) groups is 1. The molecule has 8 nitrogen and oxygen atoms in total. The van der Waals surface area contributed by atoms with Gasteiger partial charge in [0.15, 0.2) is 5.11 Å². The Balaban J connectivity index is 1.96. The monoisotopic (exact) mass is 487 g/mol. The lowest BCUT2D eigenvalue weighted by molar-refractivity contribution is 0.0977. The van der Waals surface area contributed by atoms with Gasteiger partial charge in [0.1, 0.15) is 12.4 Å². The number of benzene rings is 2. The quantitative estimate of drug-likeness (QED) is 0.404. The average Bonchev–Trinajstić information content (AvgIpc) is 2.62. The number of hydrogen-bond donors (Lipinski definition) is 3. The van der Waals surface area contributed by atoms with Crippen molar-refractivity contribution in [3.63, 3.8) is 0 Å². The Bertz CT molecular complexity index is 965. The minimum Gasteiger partial charge on any atom is -0.490 e. The molecule has 0 radical (unpaired) electrons. The van der Waals surface area contributed by atoms with E-state index in [0.717, 1.165) is 0 Å². The number of thiocarbonyl (C=S) groups is 1. The fraction of sp³-hybridized carbons (Fsp3) is 0.176. The van der Waals surface area contributed by atoms with Gasteiger partial charge in [0.2, 0.25) is 10.0 Å². The first kappa shape index (κ1) is 22.2. The number of sulfonamides is 1. The Labute approximate surface area is 176 Å². The number of ether oxygens (including phenoxy) is 2. The van der Waals surface area contributed by atoms with E-state index < -0.39 is 15.9 Å². The summed E-state index contributed by atoms with van der Waals surface area (Å²) in [7, 11) is -2.19. The van der Waals surface area contributed by atoms with Gasteiger partial charge in [-0.15, -0.1) is 0 Å². The van der Waals surface area contributed by atoms with Gasteiger partial charge in [0, 0.05) is 18.4 Å². The van der Waals surface area contributed by atoms with Gasteiger partial charge in [0.05, 0.1) is 16.0 Å². The third kappa shape index (κ3) is 6.53. The number of nitrogens with two attached hydrogens (primary N) is 1. The SMILES string of the molecule is COCCOc1ccc(C(=O)NC(=S)Nc2ccc(S(N)(=O)=O)cc2)cc1Br. The Morgan fingerprint density at radius 2 is 1.86 bits per heavy atom. The summed E-state index contributed by atoms with van der Waals surface area (Å²) in [6, 6.07) is 10.5. The van der Waals surface area contributed by atoms with E-state index in [2.05, 4.69) is 26.6 Å². The number of methoxy groups -OCH3 is 1. The molecular formula is C17H18BrN3O5S2. The molecule has 0 bridgehead atoms. The predicted octanol–water partition coefficient (Wildman–Crippen LogP) is 2.25. The molecule has 2 aromatic carbocycles. The summed E-state index contributed by atoms with van der Waals surface area (Å²) < 4.78 is 33.5. The summed E-state index contributed by atoms with van der Waals surface area (Å²) in [6.07, 6.45) is 0. The Morgan fingerprint density at radius 3 is 2.43 bits per heavy atom. The van der Waals surface area contributed by atoms with E-state index >= 15 is 0 Å². The average molecular weight is 488 g/mol. The maximum Gasteiger partial charge on any atom is 0.257 e.